The van der Waals surface area contributed by atoms with Crippen LogP contribution in [0.1, 0.15) is 37.5 Å². The maximum atomic E-state index is 9.71. The van der Waals surface area contributed by atoms with Gasteiger partial charge in [-0.25, -0.2) is 4.98 Å². The Balaban J connectivity index is 0.000000471. The van der Waals surface area contributed by atoms with Gasteiger partial charge in [-0.1, -0.05) is 0 Å². The van der Waals surface area contributed by atoms with E-state index in [2.05, 4.69) is 24.0 Å². The number of benzene rings is 2. The third kappa shape index (κ3) is 4.77. The molecule has 0 fully saturated rings. The van der Waals surface area contributed by atoms with Crippen LogP contribution in [0.25, 0.3) is 32.9 Å². The molecule has 0 atom stereocenters. The molecule has 6 nitrogen and oxygen atoms in total. The van der Waals surface area contributed by atoms with E-state index in [9.17, 15) is 5.11 Å². The van der Waals surface area contributed by atoms with E-state index in [1.165, 1.54) is 5.56 Å². The van der Waals surface area contributed by atoms with E-state index >= 15 is 0 Å². The molecule has 1 aliphatic rings. The summed E-state index contributed by atoms with van der Waals surface area (Å²) in [4.78, 5) is 9.27. The number of pyridine rings is 2. The molecule has 0 unspecified atom stereocenters. The summed E-state index contributed by atoms with van der Waals surface area (Å²) in [5.74, 6) is 1.38. The first-order valence-corrected chi connectivity index (χ1v) is 11.2. The van der Waals surface area contributed by atoms with Gasteiger partial charge < -0.3 is 20.7 Å². The molecule has 0 saturated carbocycles. The minimum atomic E-state index is -0.500. The molecule has 0 spiro atoms. The first-order chi connectivity index (χ1) is 15.7. The van der Waals surface area contributed by atoms with Crippen LogP contribution in [0, 0.1) is 6.92 Å². The van der Waals surface area contributed by atoms with Crippen LogP contribution in [0.5, 0.6) is 5.75 Å². The van der Waals surface area contributed by atoms with Crippen LogP contribution in [0.15, 0.2) is 42.6 Å². The molecule has 4 N–H and O–H groups in total. The molecule has 0 amide bonds. The van der Waals surface area contributed by atoms with Gasteiger partial charge in [0.15, 0.2) is 0 Å². The van der Waals surface area contributed by atoms with Gasteiger partial charge in [-0.3, -0.25) is 4.98 Å². The van der Waals surface area contributed by atoms with Gasteiger partial charge >= 0.3 is 0 Å². The van der Waals surface area contributed by atoms with E-state index in [4.69, 9.17) is 20.6 Å². The van der Waals surface area contributed by atoms with Crippen molar-refractivity contribution in [3.63, 3.8) is 0 Å². The van der Waals surface area contributed by atoms with E-state index in [-0.39, 0.29) is 6.61 Å². The van der Waals surface area contributed by atoms with Crippen molar-refractivity contribution in [1.29, 1.82) is 0 Å². The molecule has 6 heteroatoms. The smallest absolute Gasteiger partial charge is 0.129 e. The molecule has 172 valence electrons. The zero-order valence-corrected chi connectivity index (χ0v) is 19.6. The summed E-state index contributed by atoms with van der Waals surface area (Å²) < 4.78 is 5.88. The highest BCUT2D eigenvalue weighted by Gasteiger charge is 2.21. The van der Waals surface area contributed by atoms with Crippen molar-refractivity contribution in [3.05, 3.63) is 59.3 Å². The van der Waals surface area contributed by atoms with Gasteiger partial charge in [0, 0.05) is 35.6 Å². The number of aliphatic hydroxyl groups is 2. The van der Waals surface area contributed by atoms with Crippen LogP contribution < -0.4 is 10.5 Å². The van der Waals surface area contributed by atoms with Crippen molar-refractivity contribution in [2.75, 3.05) is 18.9 Å². The molecule has 0 saturated heterocycles. The van der Waals surface area contributed by atoms with Gasteiger partial charge in [-0.15, -0.1) is 0 Å². The Morgan fingerprint density at radius 2 is 1.88 bits per heavy atom. The van der Waals surface area contributed by atoms with Gasteiger partial charge in [-0.05, 0) is 92.8 Å². The van der Waals surface area contributed by atoms with Crippen molar-refractivity contribution in [2.24, 2.45) is 0 Å². The Kier molecular flexibility index (Phi) is 6.23. The zero-order valence-electron chi connectivity index (χ0n) is 19.6. The van der Waals surface area contributed by atoms with E-state index in [0.717, 1.165) is 56.2 Å². The Labute approximate surface area is 194 Å². The number of rotatable bonds is 3. The summed E-state index contributed by atoms with van der Waals surface area (Å²) in [5.41, 5.74) is 12.8. The van der Waals surface area contributed by atoms with Crippen LogP contribution in [0.4, 0.5) is 5.82 Å². The number of aliphatic hydroxyl groups excluding tert-OH is 1. The summed E-state index contributed by atoms with van der Waals surface area (Å²) in [6, 6.07) is 12.1. The molecule has 4 aromatic rings. The molecule has 0 radical (unpaired) electrons. The van der Waals surface area contributed by atoms with Crippen molar-refractivity contribution in [2.45, 2.75) is 46.1 Å². The van der Waals surface area contributed by atoms with Crippen LogP contribution >= 0.6 is 0 Å². The maximum absolute atomic E-state index is 9.71. The Bertz CT molecular complexity index is 1310. The van der Waals surface area contributed by atoms with Crippen LogP contribution in [-0.2, 0) is 12.8 Å². The van der Waals surface area contributed by atoms with Crippen LogP contribution in [0.3, 0.4) is 0 Å². The maximum Gasteiger partial charge on any atom is 0.129 e. The molecular formula is C27H31N3O3. The summed E-state index contributed by atoms with van der Waals surface area (Å²) in [7, 11) is 0. The topological polar surface area (TPSA) is 101 Å². The second-order valence-electron chi connectivity index (χ2n) is 9.40. The number of nitrogen functional groups attached to an aromatic ring is 1. The highest BCUT2D eigenvalue weighted by molar-refractivity contribution is 6.07. The predicted molar refractivity (Wildman–Crippen MR) is 134 cm³/mol. The summed E-state index contributed by atoms with van der Waals surface area (Å²) in [5, 5.41) is 20.3. The number of aromatic nitrogens is 2. The lowest BCUT2D eigenvalue weighted by molar-refractivity contribution is 0.102. The summed E-state index contributed by atoms with van der Waals surface area (Å²) >= 11 is 0. The Hall–Kier alpha value is -3.22. The minimum Gasteiger partial charge on any atom is -0.493 e. The number of ether oxygens (including phenoxy) is 1. The largest absolute Gasteiger partial charge is 0.493 e. The first-order valence-electron chi connectivity index (χ1n) is 11.2. The molecule has 5 rings (SSSR count). The highest BCUT2D eigenvalue weighted by atomic mass is 16.5. The average molecular weight is 446 g/mol. The fourth-order valence-electron chi connectivity index (χ4n) is 4.31. The highest BCUT2D eigenvalue weighted by Crippen LogP contribution is 2.42. The summed E-state index contributed by atoms with van der Waals surface area (Å²) in [6.45, 7) is 8.06. The normalized spacial score (nSPS) is 12.9. The first kappa shape index (κ1) is 23.0. The lowest BCUT2D eigenvalue weighted by atomic mass is 9.88. The summed E-state index contributed by atoms with van der Waals surface area (Å²) in [6.07, 6.45) is 3.32. The number of nitrogens with zero attached hydrogens (tertiary/aromatic N) is 2. The molecule has 3 heterocycles. The van der Waals surface area contributed by atoms with Gasteiger partial charge in [0.2, 0.25) is 0 Å². The average Bonchev–Trinajstić information content (AvgIpc) is 2.74. The number of nitrogens with two attached hydrogens (primary N) is 1. The third-order valence-corrected chi connectivity index (χ3v) is 5.55. The zero-order chi connectivity index (χ0) is 23.8. The van der Waals surface area contributed by atoms with Crippen LogP contribution in [-0.4, -0.2) is 39.0 Å². The van der Waals surface area contributed by atoms with Crippen molar-refractivity contribution < 1.29 is 14.9 Å². The van der Waals surface area contributed by atoms with E-state index < -0.39 is 5.60 Å². The third-order valence-electron chi connectivity index (χ3n) is 5.55. The van der Waals surface area contributed by atoms with Gasteiger partial charge in [0.1, 0.15) is 11.6 Å². The van der Waals surface area contributed by atoms with E-state index in [1.807, 2.05) is 30.5 Å². The number of fused-ring (bicyclic) bond motifs is 1. The van der Waals surface area contributed by atoms with Gasteiger partial charge in [-0.2, -0.15) is 0 Å². The molecule has 2 aromatic carbocycles. The van der Waals surface area contributed by atoms with E-state index in [0.29, 0.717) is 18.8 Å². The fraction of sp³-hybridized carbons (Fsp3) is 0.333. The quantitative estimate of drug-likeness (QED) is 0.426. The standard InChI is InChI=1S/C23H21N3O2.C4H10O/c1-13-12-18-16(3-5-20(24)26-18)22(15(13)7-10-27)17-2-4-19-21-14(8-11-28-19)6-9-25-23(17)21;1-4(2,3)5/h2-6,9,12,27H,7-8,10-11H2,1H3,(H2,24,26);5H,1-3H3. The molecule has 1 aliphatic heterocycles. The van der Waals surface area contributed by atoms with Gasteiger partial charge in [0.05, 0.1) is 23.2 Å². The Morgan fingerprint density at radius 1 is 1.12 bits per heavy atom. The van der Waals surface area contributed by atoms with Crippen molar-refractivity contribution >= 4 is 27.6 Å². The minimum absolute atomic E-state index is 0.0829. The van der Waals surface area contributed by atoms with Crippen LogP contribution in [0.2, 0.25) is 0 Å². The fourth-order valence-corrected chi connectivity index (χ4v) is 4.31. The number of aryl methyl sites for hydroxylation is 1. The van der Waals surface area contributed by atoms with Gasteiger partial charge in [0.25, 0.3) is 0 Å². The van der Waals surface area contributed by atoms with E-state index in [1.54, 1.807) is 20.8 Å². The molecule has 33 heavy (non-hydrogen) atoms. The molecule has 0 aliphatic carbocycles. The van der Waals surface area contributed by atoms with Crippen molar-refractivity contribution in [1.82, 2.24) is 9.97 Å². The second kappa shape index (κ2) is 8.96. The lowest BCUT2D eigenvalue weighted by Crippen LogP contribution is -2.10. The Morgan fingerprint density at radius 3 is 2.61 bits per heavy atom. The molecule has 2 aromatic heterocycles. The molecule has 0 bridgehead atoms. The lowest BCUT2D eigenvalue weighted by Gasteiger charge is -2.21. The monoisotopic (exact) mass is 445 g/mol. The SMILES string of the molecule is CC(C)(C)O.Cc1cc2nc(N)ccc2c(-c2ccc3c4c(ccnc24)CCO3)c1CCO. The number of hydrogen-bond donors (Lipinski definition) is 3. The predicted octanol–water partition coefficient (Wildman–Crippen LogP) is 4.59. The second-order valence-corrected chi connectivity index (χ2v) is 9.40. The number of anilines is 1. The van der Waals surface area contributed by atoms with Crippen molar-refractivity contribution in [3.8, 4) is 16.9 Å². The number of hydrogen-bond acceptors (Lipinski definition) is 6. The molecular weight excluding hydrogens is 414 g/mol.